The molecule has 1 aromatic carbocycles. The Morgan fingerprint density at radius 2 is 2.00 bits per heavy atom. The summed E-state index contributed by atoms with van der Waals surface area (Å²) in [5.41, 5.74) is 1.23. The van der Waals surface area contributed by atoms with Crippen molar-refractivity contribution in [3.63, 3.8) is 0 Å². The standard InChI is InChI=1S/C18H12N4O4/c23-13-7-6-11(10-12(13)18(24)25)20-21-17-16(14-4-3-9-26-14)19-15-5-1-2-8-22(15)17/h1-10,23H,(H,24,25). The maximum absolute atomic E-state index is 11.1. The number of fused-ring (bicyclic) bond motifs is 1. The van der Waals surface area contributed by atoms with Crippen LogP contribution in [-0.4, -0.2) is 25.6 Å². The number of aromatic nitrogens is 2. The minimum Gasteiger partial charge on any atom is -0.507 e. The molecule has 0 aliphatic carbocycles. The van der Waals surface area contributed by atoms with Crippen LogP contribution in [0.25, 0.3) is 17.1 Å². The first-order chi connectivity index (χ1) is 12.6. The molecule has 0 aliphatic heterocycles. The fourth-order valence-corrected chi connectivity index (χ4v) is 2.52. The fraction of sp³-hybridized carbons (Fsp3) is 0. The third-order valence-corrected chi connectivity index (χ3v) is 3.73. The molecule has 4 rings (SSSR count). The minimum absolute atomic E-state index is 0.245. The predicted octanol–water partition coefficient (Wildman–Crippen LogP) is 4.41. The summed E-state index contributed by atoms with van der Waals surface area (Å²) in [6.07, 6.45) is 3.34. The Morgan fingerprint density at radius 3 is 2.77 bits per heavy atom. The van der Waals surface area contributed by atoms with E-state index >= 15 is 0 Å². The number of pyridine rings is 1. The lowest BCUT2D eigenvalue weighted by molar-refractivity contribution is 0.0694. The van der Waals surface area contributed by atoms with Crippen LogP contribution in [0, 0.1) is 0 Å². The van der Waals surface area contributed by atoms with Gasteiger partial charge >= 0.3 is 5.97 Å². The van der Waals surface area contributed by atoms with Gasteiger partial charge in [0.25, 0.3) is 0 Å². The minimum atomic E-state index is -1.24. The topological polar surface area (TPSA) is 113 Å². The van der Waals surface area contributed by atoms with Gasteiger partial charge in [0, 0.05) is 6.20 Å². The Kier molecular flexibility index (Phi) is 3.70. The summed E-state index contributed by atoms with van der Waals surface area (Å²) >= 11 is 0. The molecule has 26 heavy (non-hydrogen) atoms. The summed E-state index contributed by atoms with van der Waals surface area (Å²) < 4.78 is 7.17. The van der Waals surface area contributed by atoms with E-state index in [1.54, 1.807) is 29.0 Å². The monoisotopic (exact) mass is 348 g/mol. The number of carboxylic acid groups (broad SMARTS) is 1. The van der Waals surface area contributed by atoms with Crippen LogP contribution in [0.1, 0.15) is 10.4 Å². The van der Waals surface area contributed by atoms with Crippen molar-refractivity contribution in [1.82, 2.24) is 9.38 Å². The van der Waals surface area contributed by atoms with E-state index in [2.05, 4.69) is 15.2 Å². The van der Waals surface area contributed by atoms with Crippen LogP contribution in [0.4, 0.5) is 11.5 Å². The SMILES string of the molecule is O=C(O)c1cc(N=Nc2c(-c3ccco3)nc3ccccn23)ccc1O. The Labute approximate surface area is 146 Å². The van der Waals surface area contributed by atoms with Gasteiger partial charge in [-0.2, -0.15) is 0 Å². The number of azo groups is 1. The van der Waals surface area contributed by atoms with Crippen molar-refractivity contribution in [2.24, 2.45) is 10.2 Å². The Hall–Kier alpha value is -3.94. The molecule has 0 saturated carbocycles. The number of hydrogen-bond acceptors (Lipinski definition) is 6. The van der Waals surface area contributed by atoms with Gasteiger partial charge in [-0.25, -0.2) is 9.78 Å². The van der Waals surface area contributed by atoms with Gasteiger partial charge in [0.1, 0.15) is 17.0 Å². The van der Waals surface area contributed by atoms with Crippen LogP contribution in [0.3, 0.4) is 0 Å². The van der Waals surface area contributed by atoms with E-state index in [4.69, 9.17) is 9.52 Å². The highest BCUT2D eigenvalue weighted by Crippen LogP contribution is 2.33. The number of carbonyl (C=O) groups is 1. The van der Waals surface area contributed by atoms with E-state index in [0.29, 0.717) is 22.9 Å². The van der Waals surface area contributed by atoms with Crippen molar-refractivity contribution in [1.29, 1.82) is 0 Å². The second-order valence-corrected chi connectivity index (χ2v) is 5.40. The fourth-order valence-electron chi connectivity index (χ4n) is 2.52. The molecule has 3 aromatic heterocycles. The molecule has 8 nitrogen and oxygen atoms in total. The summed E-state index contributed by atoms with van der Waals surface area (Å²) in [6.45, 7) is 0. The lowest BCUT2D eigenvalue weighted by Gasteiger charge is -2.00. The van der Waals surface area contributed by atoms with Gasteiger partial charge in [-0.05, 0) is 42.5 Å². The third kappa shape index (κ3) is 2.69. The summed E-state index contributed by atoms with van der Waals surface area (Å²) in [6, 6.07) is 13.0. The zero-order valence-corrected chi connectivity index (χ0v) is 13.3. The molecule has 128 valence electrons. The van der Waals surface area contributed by atoms with E-state index < -0.39 is 5.97 Å². The van der Waals surface area contributed by atoms with Gasteiger partial charge in [0.15, 0.2) is 17.3 Å². The number of hydrogen-bond donors (Lipinski definition) is 2. The highest BCUT2D eigenvalue weighted by atomic mass is 16.4. The Morgan fingerprint density at radius 1 is 1.12 bits per heavy atom. The van der Waals surface area contributed by atoms with E-state index in [1.807, 2.05) is 18.2 Å². The van der Waals surface area contributed by atoms with Crippen LogP contribution >= 0.6 is 0 Å². The maximum Gasteiger partial charge on any atom is 0.339 e. The van der Waals surface area contributed by atoms with Gasteiger partial charge < -0.3 is 14.6 Å². The molecule has 2 N–H and O–H groups in total. The number of imidazole rings is 1. The van der Waals surface area contributed by atoms with E-state index in [9.17, 15) is 9.90 Å². The number of nitrogens with zero attached hydrogens (tertiary/aromatic N) is 4. The summed E-state index contributed by atoms with van der Waals surface area (Å²) in [5.74, 6) is -0.590. The predicted molar refractivity (Wildman–Crippen MR) is 92.1 cm³/mol. The second-order valence-electron chi connectivity index (χ2n) is 5.40. The quantitative estimate of drug-likeness (QED) is 0.530. The second kappa shape index (κ2) is 6.17. The molecule has 0 bridgehead atoms. The highest BCUT2D eigenvalue weighted by molar-refractivity contribution is 5.91. The molecule has 8 heteroatoms. The normalized spacial score (nSPS) is 11.4. The smallest absolute Gasteiger partial charge is 0.339 e. The molecule has 0 atom stereocenters. The number of furan rings is 1. The van der Waals surface area contributed by atoms with Crippen LogP contribution in [0.5, 0.6) is 5.75 Å². The molecule has 0 radical (unpaired) electrons. The van der Waals surface area contributed by atoms with Gasteiger partial charge in [-0.3, -0.25) is 4.40 Å². The van der Waals surface area contributed by atoms with Gasteiger partial charge in [0.05, 0.1) is 12.0 Å². The van der Waals surface area contributed by atoms with Crippen molar-refractivity contribution >= 4 is 23.1 Å². The number of aromatic carboxylic acids is 1. The first-order valence-electron chi connectivity index (χ1n) is 7.62. The lowest BCUT2D eigenvalue weighted by Crippen LogP contribution is -1.95. The first kappa shape index (κ1) is 15.6. The lowest BCUT2D eigenvalue weighted by atomic mass is 10.2. The zero-order valence-electron chi connectivity index (χ0n) is 13.3. The van der Waals surface area contributed by atoms with Crippen molar-refractivity contribution in [3.8, 4) is 17.2 Å². The molecule has 0 aliphatic rings. The van der Waals surface area contributed by atoms with Crippen molar-refractivity contribution < 1.29 is 19.4 Å². The molecule has 0 amide bonds. The molecule has 0 spiro atoms. The summed E-state index contributed by atoms with van der Waals surface area (Å²) in [7, 11) is 0. The Bertz CT molecular complexity index is 1130. The number of phenols is 1. The third-order valence-electron chi connectivity index (χ3n) is 3.73. The summed E-state index contributed by atoms with van der Waals surface area (Å²) in [5, 5.41) is 27.0. The maximum atomic E-state index is 11.1. The summed E-state index contributed by atoms with van der Waals surface area (Å²) in [4.78, 5) is 15.6. The largest absolute Gasteiger partial charge is 0.507 e. The van der Waals surface area contributed by atoms with E-state index in [0.717, 1.165) is 0 Å². The zero-order chi connectivity index (χ0) is 18.1. The molecular formula is C18H12N4O4. The van der Waals surface area contributed by atoms with Gasteiger partial charge in [-0.1, -0.05) is 6.07 Å². The number of carboxylic acids is 1. The first-order valence-corrected chi connectivity index (χ1v) is 7.62. The number of aromatic hydroxyl groups is 1. The average Bonchev–Trinajstić information content (AvgIpc) is 3.28. The molecule has 0 saturated heterocycles. The molecular weight excluding hydrogens is 336 g/mol. The molecule has 3 heterocycles. The number of benzene rings is 1. The van der Waals surface area contributed by atoms with Gasteiger partial charge in [0.2, 0.25) is 0 Å². The van der Waals surface area contributed by atoms with Crippen LogP contribution in [-0.2, 0) is 0 Å². The van der Waals surface area contributed by atoms with Gasteiger partial charge in [-0.15, -0.1) is 10.2 Å². The average molecular weight is 348 g/mol. The van der Waals surface area contributed by atoms with Crippen molar-refractivity contribution in [2.45, 2.75) is 0 Å². The van der Waals surface area contributed by atoms with Crippen LogP contribution < -0.4 is 0 Å². The Balaban J connectivity index is 1.82. The van der Waals surface area contributed by atoms with Crippen LogP contribution in [0.15, 0.2) is 75.6 Å². The molecule has 4 aromatic rings. The van der Waals surface area contributed by atoms with Crippen molar-refractivity contribution in [2.75, 3.05) is 0 Å². The molecule has 0 unspecified atom stereocenters. The number of rotatable bonds is 4. The van der Waals surface area contributed by atoms with Crippen molar-refractivity contribution in [3.05, 3.63) is 66.6 Å². The van der Waals surface area contributed by atoms with E-state index in [1.165, 1.54) is 18.2 Å². The van der Waals surface area contributed by atoms with Crippen LogP contribution in [0.2, 0.25) is 0 Å². The highest BCUT2D eigenvalue weighted by Gasteiger charge is 2.16. The van der Waals surface area contributed by atoms with E-state index in [-0.39, 0.29) is 17.0 Å². The molecule has 0 fully saturated rings.